The lowest BCUT2D eigenvalue weighted by Crippen LogP contribution is -2.02. The Kier molecular flexibility index (Phi) is 3.33. The number of nitrogens with one attached hydrogen (secondary N) is 1. The molecule has 5 heteroatoms. The standard InChI is InChI=1S/C11H12IN3O/c1-7-5-15-11(16-7)6-14-10-3-2-8(12)4-9(10)13/h2-5,14H,6,13H2,1H3. The lowest BCUT2D eigenvalue weighted by molar-refractivity contribution is 0.479. The zero-order chi connectivity index (χ0) is 11.5. The molecule has 0 spiro atoms. The molecule has 0 fully saturated rings. The van der Waals surface area contributed by atoms with Crippen LogP contribution in [0.4, 0.5) is 11.4 Å². The number of nitrogens with zero attached hydrogens (tertiary/aromatic N) is 1. The van der Waals surface area contributed by atoms with Crippen molar-refractivity contribution in [3.05, 3.63) is 39.6 Å². The van der Waals surface area contributed by atoms with Crippen molar-refractivity contribution in [3.63, 3.8) is 0 Å². The van der Waals surface area contributed by atoms with Gasteiger partial charge in [-0.1, -0.05) is 0 Å². The summed E-state index contributed by atoms with van der Waals surface area (Å²) in [5.41, 5.74) is 7.50. The molecule has 16 heavy (non-hydrogen) atoms. The van der Waals surface area contributed by atoms with Gasteiger partial charge in [-0.05, 0) is 47.7 Å². The van der Waals surface area contributed by atoms with Gasteiger partial charge in [0.05, 0.1) is 24.1 Å². The Hall–Kier alpha value is -1.24. The molecule has 1 aromatic carbocycles. The van der Waals surface area contributed by atoms with E-state index in [1.807, 2.05) is 25.1 Å². The molecule has 0 unspecified atom stereocenters. The zero-order valence-corrected chi connectivity index (χ0v) is 11.0. The molecule has 4 nitrogen and oxygen atoms in total. The highest BCUT2D eigenvalue weighted by Gasteiger charge is 2.02. The number of hydrogen-bond acceptors (Lipinski definition) is 4. The quantitative estimate of drug-likeness (QED) is 0.671. The van der Waals surface area contributed by atoms with Gasteiger partial charge in [-0.3, -0.25) is 0 Å². The van der Waals surface area contributed by atoms with Crippen LogP contribution in [0.25, 0.3) is 0 Å². The van der Waals surface area contributed by atoms with Crippen LogP contribution in [0.3, 0.4) is 0 Å². The Morgan fingerprint density at radius 1 is 1.50 bits per heavy atom. The lowest BCUT2D eigenvalue weighted by Gasteiger charge is -2.07. The van der Waals surface area contributed by atoms with Gasteiger partial charge >= 0.3 is 0 Å². The summed E-state index contributed by atoms with van der Waals surface area (Å²) < 4.78 is 6.47. The van der Waals surface area contributed by atoms with E-state index in [2.05, 4.69) is 32.9 Å². The Morgan fingerprint density at radius 3 is 2.94 bits per heavy atom. The molecule has 0 aliphatic heterocycles. The molecular weight excluding hydrogens is 317 g/mol. The second kappa shape index (κ2) is 4.73. The van der Waals surface area contributed by atoms with Crippen molar-refractivity contribution in [2.75, 3.05) is 11.1 Å². The van der Waals surface area contributed by atoms with Gasteiger partial charge in [-0.2, -0.15) is 0 Å². The van der Waals surface area contributed by atoms with Gasteiger partial charge in [0, 0.05) is 3.57 Å². The van der Waals surface area contributed by atoms with Crippen LogP contribution in [-0.2, 0) is 6.54 Å². The number of rotatable bonds is 3. The number of halogens is 1. The predicted molar refractivity (Wildman–Crippen MR) is 72.1 cm³/mol. The van der Waals surface area contributed by atoms with Crippen LogP contribution in [0, 0.1) is 10.5 Å². The SMILES string of the molecule is Cc1cnc(CNc2ccc(I)cc2N)o1. The van der Waals surface area contributed by atoms with Crippen molar-refractivity contribution in [2.24, 2.45) is 0 Å². The zero-order valence-electron chi connectivity index (χ0n) is 8.83. The second-order valence-electron chi connectivity index (χ2n) is 3.45. The maximum absolute atomic E-state index is 5.87. The van der Waals surface area contributed by atoms with Gasteiger partial charge in [0.15, 0.2) is 0 Å². The van der Waals surface area contributed by atoms with E-state index < -0.39 is 0 Å². The third kappa shape index (κ3) is 2.66. The number of oxazole rings is 1. The first-order chi connectivity index (χ1) is 7.65. The van der Waals surface area contributed by atoms with E-state index in [1.54, 1.807) is 6.20 Å². The summed E-state index contributed by atoms with van der Waals surface area (Å²) in [6.07, 6.45) is 1.70. The molecule has 0 radical (unpaired) electrons. The number of benzene rings is 1. The van der Waals surface area contributed by atoms with Gasteiger partial charge < -0.3 is 15.5 Å². The molecule has 0 atom stereocenters. The van der Waals surface area contributed by atoms with Gasteiger partial charge in [-0.25, -0.2) is 4.98 Å². The molecule has 2 rings (SSSR count). The Bertz CT molecular complexity index is 496. The van der Waals surface area contributed by atoms with Crippen LogP contribution in [0.5, 0.6) is 0 Å². The fraction of sp³-hybridized carbons (Fsp3) is 0.182. The number of aromatic nitrogens is 1. The van der Waals surface area contributed by atoms with E-state index in [1.165, 1.54) is 0 Å². The molecule has 0 bridgehead atoms. The number of nitrogen functional groups attached to an aromatic ring is 1. The highest BCUT2D eigenvalue weighted by Crippen LogP contribution is 2.21. The Balaban J connectivity index is 2.04. The van der Waals surface area contributed by atoms with Crippen LogP contribution in [-0.4, -0.2) is 4.98 Å². The lowest BCUT2D eigenvalue weighted by atomic mass is 10.3. The van der Waals surface area contributed by atoms with E-state index in [4.69, 9.17) is 10.2 Å². The molecule has 1 heterocycles. The molecule has 0 saturated carbocycles. The van der Waals surface area contributed by atoms with Crippen molar-refractivity contribution < 1.29 is 4.42 Å². The first-order valence-electron chi connectivity index (χ1n) is 4.85. The summed E-state index contributed by atoms with van der Waals surface area (Å²) in [5.74, 6) is 1.47. The third-order valence-corrected chi connectivity index (χ3v) is 2.78. The third-order valence-electron chi connectivity index (χ3n) is 2.11. The molecule has 84 valence electrons. The summed E-state index contributed by atoms with van der Waals surface area (Å²) in [5, 5.41) is 3.19. The average molecular weight is 329 g/mol. The van der Waals surface area contributed by atoms with Gasteiger partial charge in [0.2, 0.25) is 5.89 Å². The monoisotopic (exact) mass is 329 g/mol. The summed E-state index contributed by atoms with van der Waals surface area (Å²) in [6.45, 7) is 2.41. The molecule has 0 amide bonds. The molecule has 0 aliphatic carbocycles. The van der Waals surface area contributed by atoms with E-state index in [9.17, 15) is 0 Å². The summed E-state index contributed by atoms with van der Waals surface area (Å²) >= 11 is 2.23. The fourth-order valence-corrected chi connectivity index (χ4v) is 1.86. The maximum Gasteiger partial charge on any atom is 0.213 e. The molecule has 1 aromatic heterocycles. The first kappa shape index (κ1) is 11.3. The van der Waals surface area contributed by atoms with Crippen molar-refractivity contribution in [1.29, 1.82) is 0 Å². The highest BCUT2D eigenvalue weighted by molar-refractivity contribution is 14.1. The molecule has 2 aromatic rings. The second-order valence-corrected chi connectivity index (χ2v) is 4.70. The topological polar surface area (TPSA) is 64.1 Å². The largest absolute Gasteiger partial charge is 0.444 e. The Labute approximate surface area is 107 Å². The van der Waals surface area contributed by atoms with Crippen molar-refractivity contribution in [3.8, 4) is 0 Å². The molecule has 3 N–H and O–H groups in total. The maximum atomic E-state index is 5.87. The molecule has 0 saturated heterocycles. The highest BCUT2D eigenvalue weighted by atomic mass is 127. The van der Waals surface area contributed by atoms with Crippen LogP contribution in [0.1, 0.15) is 11.7 Å². The van der Waals surface area contributed by atoms with Crippen molar-refractivity contribution in [2.45, 2.75) is 13.5 Å². The van der Waals surface area contributed by atoms with Crippen LogP contribution in [0.15, 0.2) is 28.8 Å². The van der Waals surface area contributed by atoms with Crippen LogP contribution in [0.2, 0.25) is 0 Å². The molecular formula is C11H12IN3O. The predicted octanol–water partition coefficient (Wildman–Crippen LogP) is 2.78. The van der Waals surface area contributed by atoms with Gasteiger partial charge in [0.25, 0.3) is 0 Å². The first-order valence-corrected chi connectivity index (χ1v) is 5.93. The number of hydrogen-bond donors (Lipinski definition) is 2. The van der Waals surface area contributed by atoms with E-state index in [-0.39, 0.29) is 0 Å². The number of nitrogens with two attached hydrogens (primary N) is 1. The van der Waals surface area contributed by atoms with Crippen molar-refractivity contribution >= 4 is 34.0 Å². The average Bonchev–Trinajstić information content (AvgIpc) is 2.63. The van der Waals surface area contributed by atoms with E-state index in [0.717, 1.165) is 20.7 Å². The minimum Gasteiger partial charge on any atom is -0.444 e. The molecule has 0 aliphatic rings. The fourth-order valence-electron chi connectivity index (χ4n) is 1.35. The normalized spacial score (nSPS) is 10.4. The minimum absolute atomic E-state index is 0.540. The minimum atomic E-state index is 0.540. The smallest absolute Gasteiger partial charge is 0.213 e. The van der Waals surface area contributed by atoms with Gasteiger partial charge in [-0.15, -0.1) is 0 Å². The van der Waals surface area contributed by atoms with Crippen LogP contribution < -0.4 is 11.1 Å². The van der Waals surface area contributed by atoms with E-state index in [0.29, 0.717) is 12.4 Å². The van der Waals surface area contributed by atoms with Crippen molar-refractivity contribution in [1.82, 2.24) is 4.98 Å². The van der Waals surface area contributed by atoms with Crippen LogP contribution >= 0.6 is 22.6 Å². The number of aryl methyl sites for hydroxylation is 1. The Morgan fingerprint density at radius 2 is 2.31 bits per heavy atom. The summed E-state index contributed by atoms with van der Waals surface area (Å²) in [4.78, 5) is 4.11. The summed E-state index contributed by atoms with van der Waals surface area (Å²) in [6, 6.07) is 5.87. The summed E-state index contributed by atoms with van der Waals surface area (Å²) in [7, 11) is 0. The number of anilines is 2. The van der Waals surface area contributed by atoms with Gasteiger partial charge in [0.1, 0.15) is 5.76 Å². The van der Waals surface area contributed by atoms with E-state index >= 15 is 0 Å².